The molecule has 2 rings (SSSR count). The van der Waals surface area contributed by atoms with Crippen LogP contribution in [0, 0.1) is 0 Å². The fourth-order valence-electron chi connectivity index (χ4n) is 2.04. The zero-order chi connectivity index (χ0) is 19.7. The van der Waals surface area contributed by atoms with Crippen LogP contribution >= 0.6 is 23.2 Å². The Morgan fingerprint density at radius 3 is 2.15 bits per heavy atom. The molecule has 0 aliphatic carbocycles. The smallest absolute Gasteiger partial charge is 0.416 e. The van der Waals surface area contributed by atoms with Gasteiger partial charge < -0.3 is 5.11 Å². The maximum atomic E-state index is 12.9. The van der Waals surface area contributed by atoms with Crippen LogP contribution in [0.5, 0.6) is 0 Å². The third-order valence-electron chi connectivity index (χ3n) is 3.22. The summed E-state index contributed by atoms with van der Waals surface area (Å²) in [7, 11) is -4.51. The van der Waals surface area contributed by atoms with Crippen molar-refractivity contribution in [2.24, 2.45) is 0 Å². The highest BCUT2D eigenvalue weighted by Gasteiger charge is 2.34. The molecule has 0 saturated heterocycles. The maximum absolute atomic E-state index is 12.9. The first-order chi connectivity index (χ1) is 11.9. The molecule has 0 atom stereocenters. The Morgan fingerprint density at radius 1 is 1.08 bits per heavy atom. The van der Waals surface area contributed by atoms with Gasteiger partial charge in [-0.3, -0.25) is 9.10 Å². The van der Waals surface area contributed by atoms with Gasteiger partial charge in [-0.15, -0.1) is 0 Å². The second kappa shape index (κ2) is 7.34. The molecule has 0 bridgehead atoms. The summed E-state index contributed by atoms with van der Waals surface area (Å²) in [5.74, 6) is -1.57. The number of hydrogen-bond donors (Lipinski definition) is 1. The van der Waals surface area contributed by atoms with Gasteiger partial charge in [0.2, 0.25) is 0 Å². The lowest BCUT2D eigenvalue weighted by molar-refractivity contribution is -0.137. The van der Waals surface area contributed by atoms with Gasteiger partial charge in [-0.05, 0) is 42.5 Å². The first-order valence-electron chi connectivity index (χ1n) is 6.80. The molecule has 5 nitrogen and oxygen atoms in total. The van der Waals surface area contributed by atoms with E-state index >= 15 is 0 Å². The minimum absolute atomic E-state index is 0.228. The van der Waals surface area contributed by atoms with Gasteiger partial charge in [-0.2, -0.15) is 13.2 Å². The quantitative estimate of drug-likeness (QED) is 0.771. The van der Waals surface area contributed by atoms with Gasteiger partial charge in [0.15, 0.2) is 0 Å². The number of alkyl halides is 3. The first-order valence-corrected chi connectivity index (χ1v) is 8.99. The van der Waals surface area contributed by atoms with Crippen molar-refractivity contribution < 1.29 is 31.5 Å². The Morgan fingerprint density at radius 2 is 1.65 bits per heavy atom. The van der Waals surface area contributed by atoms with Gasteiger partial charge in [0.25, 0.3) is 10.0 Å². The minimum atomic E-state index is -4.77. The molecule has 2 aromatic carbocycles. The molecule has 1 N–H and O–H groups in total. The number of rotatable bonds is 5. The molecule has 0 aliphatic heterocycles. The van der Waals surface area contributed by atoms with E-state index in [-0.39, 0.29) is 14.9 Å². The lowest BCUT2D eigenvalue weighted by atomic mass is 10.2. The fraction of sp³-hybridized carbons (Fsp3) is 0.133. The fourth-order valence-corrected chi connectivity index (χ4v) is 3.86. The van der Waals surface area contributed by atoms with Gasteiger partial charge in [0.1, 0.15) is 6.54 Å². The van der Waals surface area contributed by atoms with Crippen LogP contribution in [0.25, 0.3) is 0 Å². The van der Waals surface area contributed by atoms with E-state index < -0.39 is 40.0 Å². The first kappa shape index (κ1) is 20.3. The average molecular weight is 428 g/mol. The molecule has 0 aromatic heterocycles. The summed E-state index contributed by atoms with van der Waals surface area (Å²) >= 11 is 11.5. The van der Waals surface area contributed by atoms with Gasteiger partial charge >= 0.3 is 12.1 Å². The van der Waals surface area contributed by atoms with Crippen molar-refractivity contribution in [1.82, 2.24) is 0 Å². The van der Waals surface area contributed by atoms with Crippen molar-refractivity contribution in [2.75, 3.05) is 10.8 Å². The van der Waals surface area contributed by atoms with E-state index in [1.165, 1.54) is 12.1 Å². The third-order valence-corrected chi connectivity index (χ3v) is 5.57. The van der Waals surface area contributed by atoms with Crippen LogP contribution in [0.1, 0.15) is 5.56 Å². The van der Waals surface area contributed by atoms with Crippen LogP contribution in [0.15, 0.2) is 47.4 Å². The number of carboxylic acids is 1. The summed E-state index contributed by atoms with van der Waals surface area (Å²) in [6.07, 6.45) is -4.77. The molecule has 0 amide bonds. The van der Waals surface area contributed by atoms with Crippen molar-refractivity contribution in [3.8, 4) is 0 Å². The number of carboxylic acid groups (broad SMARTS) is 1. The van der Waals surface area contributed by atoms with Gasteiger partial charge in [-0.1, -0.05) is 23.2 Å². The highest BCUT2D eigenvalue weighted by Crippen LogP contribution is 2.37. The zero-order valence-corrected chi connectivity index (χ0v) is 15.0. The summed E-state index contributed by atoms with van der Waals surface area (Å²) in [5, 5.41) is 8.90. The topological polar surface area (TPSA) is 74.7 Å². The Kier molecular flexibility index (Phi) is 5.74. The number of benzene rings is 2. The molecule has 0 fully saturated rings. The third kappa shape index (κ3) is 4.40. The lowest BCUT2D eigenvalue weighted by Gasteiger charge is -2.24. The number of aliphatic carboxylic acids is 1. The summed E-state index contributed by atoms with van der Waals surface area (Å²) in [5.41, 5.74) is -1.77. The molecule has 0 radical (unpaired) electrons. The molecule has 0 aliphatic rings. The molecule has 140 valence electrons. The second-order valence-corrected chi connectivity index (χ2v) is 7.73. The van der Waals surface area contributed by atoms with Crippen LogP contribution in [0.3, 0.4) is 0 Å². The Balaban J connectivity index is 2.65. The Bertz CT molecular complexity index is 931. The Labute approximate surface area is 156 Å². The van der Waals surface area contributed by atoms with E-state index in [1.54, 1.807) is 0 Å². The number of anilines is 1. The van der Waals surface area contributed by atoms with Crippen LogP contribution in [-0.2, 0) is 21.0 Å². The largest absolute Gasteiger partial charge is 0.480 e. The zero-order valence-electron chi connectivity index (χ0n) is 12.7. The molecule has 26 heavy (non-hydrogen) atoms. The van der Waals surface area contributed by atoms with Crippen LogP contribution in [0.4, 0.5) is 18.9 Å². The molecule has 0 spiro atoms. The van der Waals surface area contributed by atoms with E-state index in [1.807, 2.05) is 0 Å². The maximum Gasteiger partial charge on any atom is 0.416 e. The minimum Gasteiger partial charge on any atom is -0.480 e. The average Bonchev–Trinajstić information content (AvgIpc) is 2.52. The van der Waals surface area contributed by atoms with Gasteiger partial charge in [0.05, 0.1) is 21.2 Å². The van der Waals surface area contributed by atoms with Crippen LogP contribution in [0.2, 0.25) is 10.0 Å². The SMILES string of the molecule is O=C(O)CN(c1cc(C(F)(F)F)ccc1Cl)S(=O)(=O)c1ccc(Cl)cc1. The number of sulfonamides is 1. The number of nitrogens with zero attached hydrogens (tertiary/aromatic N) is 1. The monoisotopic (exact) mass is 427 g/mol. The van der Waals surface area contributed by atoms with E-state index in [0.717, 1.165) is 18.2 Å². The predicted molar refractivity (Wildman–Crippen MR) is 90.1 cm³/mol. The molecule has 2 aromatic rings. The predicted octanol–water partition coefficient (Wildman–Crippen LogP) is 4.29. The second-order valence-electron chi connectivity index (χ2n) is 5.02. The Hall–Kier alpha value is -1.97. The molecular weight excluding hydrogens is 418 g/mol. The van der Waals surface area contributed by atoms with E-state index in [4.69, 9.17) is 28.3 Å². The van der Waals surface area contributed by atoms with Gasteiger partial charge in [-0.25, -0.2) is 8.42 Å². The van der Waals surface area contributed by atoms with Crippen molar-refractivity contribution in [1.29, 1.82) is 0 Å². The molecule has 11 heteroatoms. The number of halogens is 5. The highest BCUT2D eigenvalue weighted by atomic mass is 35.5. The van der Waals surface area contributed by atoms with Crippen LogP contribution < -0.4 is 4.31 Å². The normalized spacial score (nSPS) is 12.0. The van der Waals surface area contributed by atoms with E-state index in [0.29, 0.717) is 16.4 Å². The molecule has 0 unspecified atom stereocenters. The van der Waals surface area contributed by atoms with Crippen molar-refractivity contribution in [3.05, 3.63) is 58.1 Å². The molecular formula is C15H10Cl2F3NO4S. The van der Waals surface area contributed by atoms with Gasteiger partial charge in [0, 0.05) is 5.02 Å². The molecule has 0 heterocycles. The lowest BCUT2D eigenvalue weighted by Crippen LogP contribution is -2.36. The van der Waals surface area contributed by atoms with Crippen molar-refractivity contribution in [3.63, 3.8) is 0 Å². The van der Waals surface area contributed by atoms with E-state index in [2.05, 4.69) is 0 Å². The van der Waals surface area contributed by atoms with E-state index in [9.17, 15) is 26.4 Å². The standard InChI is InChI=1S/C15H10Cl2F3NO4S/c16-10-2-4-11(5-3-10)26(24,25)21(8-14(22)23)13-7-9(15(18,19)20)1-6-12(13)17/h1-7H,8H2,(H,22,23). The van der Waals surface area contributed by atoms with Crippen LogP contribution in [-0.4, -0.2) is 26.0 Å². The highest BCUT2D eigenvalue weighted by molar-refractivity contribution is 7.92. The number of hydrogen-bond acceptors (Lipinski definition) is 3. The number of carbonyl (C=O) groups is 1. The van der Waals surface area contributed by atoms with Crippen molar-refractivity contribution in [2.45, 2.75) is 11.1 Å². The summed E-state index contributed by atoms with van der Waals surface area (Å²) in [6, 6.07) is 6.72. The molecule has 0 saturated carbocycles. The van der Waals surface area contributed by atoms with Crippen molar-refractivity contribution >= 4 is 44.9 Å². The summed E-state index contributed by atoms with van der Waals surface area (Å²) < 4.78 is 64.7. The summed E-state index contributed by atoms with van der Waals surface area (Å²) in [4.78, 5) is 10.8. The summed E-state index contributed by atoms with van der Waals surface area (Å²) in [6.45, 7) is -1.12.